The van der Waals surface area contributed by atoms with Crippen LogP contribution in [0.3, 0.4) is 0 Å². The summed E-state index contributed by atoms with van der Waals surface area (Å²) in [5.74, 6) is 0.465. The first kappa shape index (κ1) is 17.1. The van der Waals surface area contributed by atoms with Crippen molar-refractivity contribution in [2.45, 2.75) is 32.8 Å². The van der Waals surface area contributed by atoms with E-state index < -0.39 is 7.12 Å². The molecule has 0 fully saturated rings. The van der Waals surface area contributed by atoms with Crippen molar-refractivity contribution in [1.29, 1.82) is 0 Å². The van der Waals surface area contributed by atoms with Crippen LogP contribution in [0.25, 0.3) is 0 Å². The number of hydrogen-bond acceptors (Lipinski definition) is 3. The standard InChI is InChI=1S/C17H20BBrO3/c1-17(2,3)13-9-14(18(20)21)16(15(19)10-13)22-11-12-7-5-4-6-8-12/h4-10,20-21H,11H2,1-3H3. The Kier molecular flexibility index (Phi) is 5.32. The molecule has 0 spiro atoms. The SMILES string of the molecule is CC(C)(C)c1cc(Br)c(OCc2ccccc2)c(B(O)O)c1. The smallest absolute Gasteiger partial charge is 0.488 e. The van der Waals surface area contributed by atoms with E-state index in [-0.39, 0.29) is 5.41 Å². The molecule has 2 aromatic carbocycles. The van der Waals surface area contributed by atoms with Gasteiger partial charge in [0.15, 0.2) is 0 Å². The summed E-state index contributed by atoms with van der Waals surface area (Å²) < 4.78 is 6.54. The van der Waals surface area contributed by atoms with Crippen molar-refractivity contribution >= 4 is 28.5 Å². The van der Waals surface area contributed by atoms with E-state index in [2.05, 4.69) is 36.7 Å². The summed E-state index contributed by atoms with van der Waals surface area (Å²) in [6, 6.07) is 13.5. The van der Waals surface area contributed by atoms with Crippen molar-refractivity contribution in [2.75, 3.05) is 0 Å². The van der Waals surface area contributed by atoms with Gasteiger partial charge in [0.2, 0.25) is 0 Å². The highest BCUT2D eigenvalue weighted by Crippen LogP contribution is 2.31. The minimum absolute atomic E-state index is 0.0931. The Balaban J connectivity index is 2.34. The number of hydrogen-bond donors (Lipinski definition) is 2. The molecule has 0 atom stereocenters. The zero-order valence-electron chi connectivity index (χ0n) is 13.0. The van der Waals surface area contributed by atoms with E-state index in [0.717, 1.165) is 15.6 Å². The summed E-state index contributed by atoms with van der Waals surface area (Å²) in [4.78, 5) is 0. The second-order valence-corrected chi connectivity index (χ2v) is 7.13. The minimum atomic E-state index is -1.58. The number of benzene rings is 2. The summed E-state index contributed by atoms with van der Waals surface area (Å²) >= 11 is 3.49. The van der Waals surface area contributed by atoms with Gasteiger partial charge in [0.05, 0.1) is 4.47 Å². The Morgan fingerprint density at radius 1 is 1.09 bits per heavy atom. The maximum atomic E-state index is 9.67. The van der Waals surface area contributed by atoms with Crippen molar-refractivity contribution < 1.29 is 14.8 Å². The van der Waals surface area contributed by atoms with Gasteiger partial charge in [0.1, 0.15) is 12.4 Å². The summed E-state index contributed by atoms with van der Waals surface area (Å²) in [5, 5.41) is 19.3. The van der Waals surface area contributed by atoms with Gasteiger partial charge in [-0.3, -0.25) is 0 Å². The van der Waals surface area contributed by atoms with Crippen LogP contribution >= 0.6 is 15.9 Å². The molecule has 22 heavy (non-hydrogen) atoms. The molecule has 5 heteroatoms. The van der Waals surface area contributed by atoms with Gasteiger partial charge in [-0.05, 0) is 38.5 Å². The van der Waals surface area contributed by atoms with E-state index in [1.165, 1.54) is 0 Å². The van der Waals surface area contributed by atoms with Crippen LogP contribution in [-0.4, -0.2) is 17.2 Å². The molecule has 0 heterocycles. The molecule has 0 amide bonds. The normalized spacial score (nSPS) is 11.4. The fourth-order valence-corrected chi connectivity index (χ4v) is 2.71. The molecule has 0 radical (unpaired) electrons. The average molecular weight is 363 g/mol. The highest BCUT2D eigenvalue weighted by Gasteiger charge is 2.24. The Bertz CT molecular complexity index is 636. The first-order valence-electron chi connectivity index (χ1n) is 7.16. The van der Waals surface area contributed by atoms with Crippen molar-refractivity contribution in [3.63, 3.8) is 0 Å². The number of rotatable bonds is 4. The van der Waals surface area contributed by atoms with Crippen molar-refractivity contribution in [3.05, 3.63) is 58.1 Å². The Morgan fingerprint density at radius 3 is 2.27 bits per heavy atom. The van der Waals surface area contributed by atoms with Gasteiger partial charge in [-0.15, -0.1) is 0 Å². The Morgan fingerprint density at radius 2 is 1.73 bits per heavy atom. The van der Waals surface area contributed by atoms with Gasteiger partial charge in [-0.1, -0.05) is 57.2 Å². The van der Waals surface area contributed by atoms with Gasteiger partial charge >= 0.3 is 7.12 Å². The van der Waals surface area contributed by atoms with Crippen LogP contribution in [-0.2, 0) is 12.0 Å². The molecule has 116 valence electrons. The molecule has 0 saturated carbocycles. The fourth-order valence-electron chi connectivity index (χ4n) is 2.12. The van der Waals surface area contributed by atoms with Crippen molar-refractivity contribution in [2.24, 2.45) is 0 Å². The van der Waals surface area contributed by atoms with Crippen LogP contribution < -0.4 is 10.2 Å². The molecule has 0 aliphatic rings. The van der Waals surface area contributed by atoms with E-state index in [4.69, 9.17) is 4.74 Å². The Labute approximate surface area is 140 Å². The zero-order chi connectivity index (χ0) is 16.3. The minimum Gasteiger partial charge on any atom is -0.488 e. The average Bonchev–Trinajstić information content (AvgIpc) is 2.45. The molecule has 3 nitrogen and oxygen atoms in total. The van der Waals surface area contributed by atoms with Crippen LogP contribution in [0.2, 0.25) is 0 Å². The van der Waals surface area contributed by atoms with Gasteiger partial charge in [0.25, 0.3) is 0 Å². The lowest BCUT2D eigenvalue weighted by atomic mass is 9.75. The van der Waals surface area contributed by atoms with Crippen molar-refractivity contribution in [3.8, 4) is 5.75 Å². The lowest BCUT2D eigenvalue weighted by molar-refractivity contribution is 0.304. The molecule has 2 aromatic rings. The summed E-state index contributed by atoms with van der Waals surface area (Å²) in [6.45, 7) is 6.60. The molecule has 0 aromatic heterocycles. The van der Waals surface area contributed by atoms with E-state index in [1.54, 1.807) is 6.07 Å². The van der Waals surface area contributed by atoms with E-state index >= 15 is 0 Å². The van der Waals surface area contributed by atoms with Gasteiger partial charge in [-0.2, -0.15) is 0 Å². The predicted octanol–water partition coefficient (Wildman–Crippen LogP) is 3.01. The van der Waals surface area contributed by atoms with Crippen LogP contribution in [0.15, 0.2) is 46.9 Å². The molecule has 0 aliphatic carbocycles. The van der Waals surface area contributed by atoms with E-state index in [1.807, 2.05) is 36.4 Å². The zero-order valence-corrected chi connectivity index (χ0v) is 14.6. The molecule has 2 rings (SSSR count). The van der Waals surface area contributed by atoms with E-state index in [9.17, 15) is 10.0 Å². The molecular formula is C17H20BBrO3. The van der Waals surface area contributed by atoms with Crippen molar-refractivity contribution in [1.82, 2.24) is 0 Å². The maximum Gasteiger partial charge on any atom is 0.492 e. The third kappa shape index (κ3) is 4.12. The lowest BCUT2D eigenvalue weighted by Gasteiger charge is -2.22. The number of halogens is 1. The first-order chi connectivity index (χ1) is 10.3. The second-order valence-electron chi connectivity index (χ2n) is 6.27. The highest BCUT2D eigenvalue weighted by molar-refractivity contribution is 9.10. The maximum absolute atomic E-state index is 9.67. The fraction of sp³-hybridized carbons (Fsp3) is 0.294. The monoisotopic (exact) mass is 362 g/mol. The highest BCUT2D eigenvalue weighted by atomic mass is 79.9. The first-order valence-corrected chi connectivity index (χ1v) is 7.95. The molecule has 0 aliphatic heterocycles. The summed E-state index contributed by atoms with van der Waals surface area (Å²) in [6.07, 6.45) is 0. The second kappa shape index (κ2) is 6.86. The van der Waals surface area contributed by atoms with Crippen LogP contribution in [0.5, 0.6) is 5.75 Å². The topological polar surface area (TPSA) is 49.7 Å². The number of ether oxygens (including phenoxy) is 1. The predicted molar refractivity (Wildman–Crippen MR) is 93.4 cm³/mol. The van der Waals surface area contributed by atoms with Crippen LogP contribution in [0.4, 0.5) is 0 Å². The lowest BCUT2D eigenvalue weighted by Crippen LogP contribution is -2.33. The third-order valence-corrected chi connectivity index (χ3v) is 4.03. The van der Waals surface area contributed by atoms with Crippen LogP contribution in [0.1, 0.15) is 31.9 Å². The third-order valence-electron chi connectivity index (χ3n) is 3.44. The molecule has 0 unspecified atom stereocenters. The van der Waals surface area contributed by atoms with Gasteiger partial charge in [-0.25, -0.2) is 0 Å². The largest absolute Gasteiger partial charge is 0.492 e. The summed E-state index contributed by atoms with van der Waals surface area (Å²) in [5.41, 5.74) is 2.31. The van der Waals surface area contributed by atoms with Gasteiger partial charge in [0, 0.05) is 5.46 Å². The quantitative estimate of drug-likeness (QED) is 0.822. The van der Waals surface area contributed by atoms with E-state index in [0.29, 0.717) is 17.8 Å². The van der Waals surface area contributed by atoms with Crippen LogP contribution in [0, 0.1) is 0 Å². The molecule has 2 N–H and O–H groups in total. The summed E-state index contributed by atoms with van der Waals surface area (Å²) in [7, 11) is -1.58. The Hall–Kier alpha value is -1.30. The molecule has 0 bridgehead atoms. The van der Waals surface area contributed by atoms with Gasteiger partial charge < -0.3 is 14.8 Å². The molecular weight excluding hydrogens is 343 g/mol. The molecule has 0 saturated heterocycles.